The lowest BCUT2D eigenvalue weighted by molar-refractivity contribution is -0.143. The summed E-state index contributed by atoms with van der Waals surface area (Å²) >= 11 is 0. The van der Waals surface area contributed by atoms with Crippen LogP contribution in [0.4, 0.5) is 0 Å². The molecular formula is C32H45N5O3. The number of ether oxygens (including phenoxy) is 1. The van der Waals surface area contributed by atoms with Gasteiger partial charge in [-0.3, -0.25) is 9.59 Å². The van der Waals surface area contributed by atoms with Crippen LogP contribution in [0.25, 0.3) is 22.2 Å². The number of aryl methyl sites for hydroxylation is 1. The molecule has 3 heterocycles. The van der Waals surface area contributed by atoms with Crippen LogP contribution in [-0.4, -0.2) is 65.3 Å². The number of unbranched alkanes of at least 4 members (excludes halogenated alkanes) is 3. The van der Waals surface area contributed by atoms with Gasteiger partial charge in [0.2, 0.25) is 11.8 Å². The molecule has 1 aromatic carbocycles. The molecule has 1 amide bonds. The van der Waals surface area contributed by atoms with Crippen LogP contribution in [0, 0.1) is 11.3 Å². The van der Waals surface area contributed by atoms with Gasteiger partial charge in [-0.15, -0.1) is 0 Å². The Balaban J connectivity index is 0.000000236. The third-order valence-electron chi connectivity index (χ3n) is 8.36. The topological polar surface area (TPSA) is 100 Å². The predicted molar refractivity (Wildman–Crippen MR) is 159 cm³/mol. The Morgan fingerprint density at radius 1 is 1.12 bits per heavy atom. The van der Waals surface area contributed by atoms with Gasteiger partial charge in [0.05, 0.1) is 30.1 Å². The summed E-state index contributed by atoms with van der Waals surface area (Å²) in [6.45, 7) is 7.72. The Morgan fingerprint density at radius 3 is 2.58 bits per heavy atom. The average Bonchev–Trinajstić information content (AvgIpc) is 3.41. The first-order chi connectivity index (χ1) is 19.4. The molecule has 2 aromatic heterocycles. The zero-order chi connectivity index (χ0) is 28.5. The molecule has 0 unspecified atom stereocenters. The fourth-order valence-corrected chi connectivity index (χ4v) is 5.98. The van der Waals surface area contributed by atoms with Crippen molar-refractivity contribution in [2.75, 3.05) is 33.8 Å². The summed E-state index contributed by atoms with van der Waals surface area (Å²) in [4.78, 5) is 37.5. The predicted octanol–water partition coefficient (Wildman–Crippen LogP) is 5.57. The lowest BCUT2D eigenvalue weighted by Crippen LogP contribution is -2.63. The number of pyridine rings is 1. The quantitative estimate of drug-likeness (QED) is 0.288. The molecule has 3 aromatic rings. The fraction of sp³-hybridized carbons (Fsp3) is 0.562. The minimum atomic E-state index is 0.237. The van der Waals surface area contributed by atoms with Crippen LogP contribution in [0.15, 0.2) is 36.5 Å². The number of carbonyl (C=O) groups excluding carboxylic acids is 2. The monoisotopic (exact) mass is 547 g/mol. The Bertz CT molecular complexity index is 1270. The third-order valence-corrected chi connectivity index (χ3v) is 8.36. The number of hydrogen-bond donors (Lipinski definition) is 2. The minimum absolute atomic E-state index is 0.237. The molecule has 1 aliphatic heterocycles. The Labute approximate surface area is 238 Å². The molecule has 1 spiro atoms. The van der Waals surface area contributed by atoms with Crippen LogP contribution in [-0.2, 0) is 16.0 Å². The molecular weight excluding hydrogens is 502 g/mol. The van der Waals surface area contributed by atoms with Crippen molar-refractivity contribution in [2.45, 2.75) is 71.6 Å². The van der Waals surface area contributed by atoms with E-state index in [4.69, 9.17) is 4.74 Å². The highest BCUT2D eigenvalue weighted by molar-refractivity contribution is 5.85. The zero-order valence-corrected chi connectivity index (χ0v) is 24.6. The lowest BCUT2D eigenvalue weighted by atomic mass is 9.57. The van der Waals surface area contributed by atoms with Gasteiger partial charge in [0.1, 0.15) is 11.6 Å². The standard InChI is InChI=1S/C22H27N3O2.C10H18N2O/c1-3-17(26)11-6-4-5-7-13-21-23-15-20(24-21)18-14-16-10-8-9-12-19(16)25-22(18)27-2;1-3-12-6-10(7-12)4-8(5-10)9(13)11-2/h8-10,12,14-15H,3-7,11,13H2,1-2H3,(H,23,24);8H,3-7H2,1-2H3,(H,11,13). The van der Waals surface area contributed by atoms with E-state index >= 15 is 0 Å². The smallest absolute Gasteiger partial charge is 0.223 e. The highest BCUT2D eigenvalue weighted by Gasteiger charge is 2.53. The highest BCUT2D eigenvalue weighted by Crippen LogP contribution is 2.51. The summed E-state index contributed by atoms with van der Waals surface area (Å²) in [6.07, 6.45) is 10.6. The second-order valence-electron chi connectivity index (χ2n) is 11.3. The number of rotatable bonds is 12. The summed E-state index contributed by atoms with van der Waals surface area (Å²) in [5.41, 5.74) is 3.30. The molecule has 5 rings (SSSR count). The van der Waals surface area contributed by atoms with E-state index in [2.05, 4.69) is 38.2 Å². The van der Waals surface area contributed by atoms with Crippen molar-refractivity contribution in [3.05, 3.63) is 42.4 Å². The molecule has 0 atom stereocenters. The Kier molecular flexibility index (Phi) is 10.3. The van der Waals surface area contributed by atoms with E-state index in [9.17, 15) is 9.59 Å². The van der Waals surface area contributed by atoms with Gasteiger partial charge in [0.25, 0.3) is 0 Å². The Hall–Kier alpha value is -3.26. The van der Waals surface area contributed by atoms with Crippen molar-refractivity contribution in [1.29, 1.82) is 0 Å². The van der Waals surface area contributed by atoms with Crippen molar-refractivity contribution in [3.63, 3.8) is 0 Å². The van der Waals surface area contributed by atoms with Crippen LogP contribution in [0.3, 0.4) is 0 Å². The Morgan fingerprint density at radius 2 is 1.88 bits per heavy atom. The normalized spacial score (nSPS) is 16.1. The molecule has 8 nitrogen and oxygen atoms in total. The largest absolute Gasteiger partial charge is 0.480 e. The number of imidazole rings is 1. The number of likely N-dealkylation sites (tertiary alicyclic amines) is 1. The van der Waals surface area contributed by atoms with Crippen molar-refractivity contribution in [2.24, 2.45) is 11.3 Å². The van der Waals surface area contributed by atoms with Crippen LogP contribution < -0.4 is 10.1 Å². The molecule has 2 N–H and O–H groups in total. The SMILES string of the molecule is CCC(=O)CCCCCCc1ncc(-c2cc3ccccc3nc2OC)[nH]1.CCN1CC2(CC(C(=O)NC)C2)C1. The first-order valence-corrected chi connectivity index (χ1v) is 14.8. The van der Waals surface area contributed by atoms with Crippen LogP contribution in [0.5, 0.6) is 5.88 Å². The summed E-state index contributed by atoms with van der Waals surface area (Å²) in [5.74, 6) is 2.49. The number of amides is 1. The molecule has 216 valence electrons. The maximum Gasteiger partial charge on any atom is 0.223 e. The van der Waals surface area contributed by atoms with E-state index in [1.807, 2.05) is 37.4 Å². The molecule has 8 heteroatoms. The van der Waals surface area contributed by atoms with E-state index in [1.54, 1.807) is 14.2 Å². The molecule has 1 saturated carbocycles. The van der Waals surface area contributed by atoms with E-state index < -0.39 is 0 Å². The van der Waals surface area contributed by atoms with Gasteiger partial charge in [0.15, 0.2) is 0 Å². The van der Waals surface area contributed by atoms with Gasteiger partial charge in [-0.25, -0.2) is 9.97 Å². The summed E-state index contributed by atoms with van der Waals surface area (Å²) in [6, 6.07) is 10.1. The number of fused-ring (bicyclic) bond motifs is 1. The van der Waals surface area contributed by atoms with Gasteiger partial charge in [-0.05, 0) is 49.8 Å². The number of nitrogens with one attached hydrogen (secondary N) is 2. The van der Waals surface area contributed by atoms with E-state index in [-0.39, 0.29) is 5.91 Å². The summed E-state index contributed by atoms with van der Waals surface area (Å²) in [7, 11) is 3.37. The number of H-pyrrole nitrogens is 1. The molecule has 40 heavy (non-hydrogen) atoms. The number of ketones is 1. The van der Waals surface area contributed by atoms with Crippen molar-refractivity contribution < 1.29 is 14.3 Å². The van der Waals surface area contributed by atoms with Crippen molar-refractivity contribution in [1.82, 2.24) is 25.2 Å². The number of aromatic amines is 1. The van der Waals surface area contributed by atoms with Crippen LogP contribution in [0.1, 0.15) is 71.0 Å². The fourth-order valence-electron chi connectivity index (χ4n) is 5.98. The zero-order valence-electron chi connectivity index (χ0n) is 24.6. The van der Waals surface area contributed by atoms with Crippen LogP contribution >= 0.6 is 0 Å². The summed E-state index contributed by atoms with van der Waals surface area (Å²) in [5, 5.41) is 3.80. The van der Waals surface area contributed by atoms with E-state index in [1.165, 1.54) is 13.1 Å². The van der Waals surface area contributed by atoms with E-state index in [0.717, 1.165) is 85.9 Å². The molecule has 1 aliphatic carbocycles. The van der Waals surface area contributed by atoms with Crippen molar-refractivity contribution in [3.8, 4) is 17.1 Å². The number of methoxy groups -OCH3 is 1. The molecule has 2 aliphatic rings. The number of hydrogen-bond acceptors (Lipinski definition) is 6. The van der Waals surface area contributed by atoms with Gasteiger partial charge in [-0.1, -0.05) is 44.9 Å². The summed E-state index contributed by atoms with van der Waals surface area (Å²) < 4.78 is 5.48. The molecule has 2 fully saturated rings. The minimum Gasteiger partial charge on any atom is -0.480 e. The second-order valence-corrected chi connectivity index (χ2v) is 11.3. The third kappa shape index (κ3) is 7.27. The average molecular weight is 548 g/mol. The lowest BCUT2D eigenvalue weighted by Gasteiger charge is -2.58. The highest BCUT2D eigenvalue weighted by atomic mass is 16.5. The van der Waals surface area contributed by atoms with Gasteiger partial charge < -0.3 is 19.9 Å². The maximum absolute atomic E-state index is 11.3. The first-order valence-electron chi connectivity index (χ1n) is 14.8. The first kappa shape index (κ1) is 29.7. The number of Topliss-reactive ketones (excluding diaryl/α,β-unsaturated/α-hetero) is 1. The molecule has 0 bridgehead atoms. The van der Waals surface area contributed by atoms with Crippen LogP contribution in [0.2, 0.25) is 0 Å². The molecule has 1 saturated heterocycles. The number of carbonyl (C=O) groups is 2. The number of para-hydroxylation sites is 1. The van der Waals surface area contributed by atoms with E-state index in [0.29, 0.717) is 29.4 Å². The second kappa shape index (κ2) is 13.9. The van der Waals surface area contributed by atoms with Gasteiger partial charge in [-0.2, -0.15) is 0 Å². The van der Waals surface area contributed by atoms with Gasteiger partial charge in [0, 0.05) is 50.7 Å². The number of aromatic nitrogens is 3. The maximum atomic E-state index is 11.3. The van der Waals surface area contributed by atoms with Gasteiger partial charge >= 0.3 is 0 Å². The number of benzene rings is 1. The number of nitrogens with zero attached hydrogens (tertiary/aromatic N) is 3. The molecule has 0 radical (unpaired) electrons. The van der Waals surface area contributed by atoms with Crippen molar-refractivity contribution >= 4 is 22.6 Å².